The number of carbonyl (C=O) groups is 2. The van der Waals surface area contributed by atoms with Crippen molar-refractivity contribution in [3.63, 3.8) is 0 Å². The number of fused-ring (bicyclic) bond motifs is 8. The molecule has 6 aliphatic heterocycles. The second-order valence-corrected chi connectivity index (χ2v) is 13.9. The van der Waals surface area contributed by atoms with E-state index in [0.717, 1.165) is 95.6 Å². The molecule has 4 aromatic rings. The lowest BCUT2D eigenvalue weighted by molar-refractivity contribution is 0.109. The molecule has 4 saturated heterocycles. The predicted molar refractivity (Wildman–Crippen MR) is 209 cm³/mol. The van der Waals surface area contributed by atoms with E-state index in [-0.39, 0.29) is 24.1 Å². The van der Waals surface area contributed by atoms with Crippen molar-refractivity contribution in [3.8, 4) is 0 Å². The van der Waals surface area contributed by atoms with Crippen LogP contribution >= 0.6 is 11.6 Å². The van der Waals surface area contributed by atoms with E-state index in [1.807, 2.05) is 12.1 Å². The van der Waals surface area contributed by atoms with Crippen LogP contribution in [0, 0.1) is 0 Å². The van der Waals surface area contributed by atoms with Crippen LogP contribution in [0.25, 0.3) is 0 Å². The Hall–Kier alpha value is -5.43. The fourth-order valence-electron chi connectivity index (χ4n) is 7.46. The van der Waals surface area contributed by atoms with Crippen molar-refractivity contribution < 1.29 is 19.1 Å². The van der Waals surface area contributed by atoms with Gasteiger partial charge in [-0.25, -0.2) is 29.5 Å². The van der Waals surface area contributed by atoms with Crippen LogP contribution in [0.5, 0.6) is 0 Å². The Kier molecular flexibility index (Phi) is 11.2. The van der Waals surface area contributed by atoms with Gasteiger partial charge >= 0.3 is 12.1 Å². The van der Waals surface area contributed by atoms with Crippen LogP contribution < -0.4 is 40.4 Å². The highest BCUT2D eigenvalue weighted by molar-refractivity contribution is 6.29. The van der Waals surface area contributed by atoms with Gasteiger partial charge < -0.3 is 29.5 Å². The summed E-state index contributed by atoms with van der Waals surface area (Å²) in [6, 6.07) is 7.51. The number of nitrogens with one attached hydrogen (secondary N) is 3. The highest BCUT2D eigenvalue weighted by Crippen LogP contribution is 2.41. The molecule has 4 aromatic heterocycles. The van der Waals surface area contributed by atoms with Gasteiger partial charge in [0.1, 0.15) is 11.0 Å². The van der Waals surface area contributed by atoms with E-state index in [2.05, 4.69) is 61.6 Å². The van der Waals surface area contributed by atoms with Crippen molar-refractivity contribution >= 4 is 64.1 Å². The van der Waals surface area contributed by atoms with Gasteiger partial charge in [0.25, 0.3) is 0 Å². The molecule has 4 bridgehead atoms. The first-order chi connectivity index (χ1) is 27.0. The van der Waals surface area contributed by atoms with Gasteiger partial charge in [-0.1, -0.05) is 11.6 Å². The third-order valence-electron chi connectivity index (χ3n) is 10.1. The van der Waals surface area contributed by atoms with E-state index >= 15 is 0 Å². The van der Waals surface area contributed by atoms with Crippen molar-refractivity contribution in [2.75, 3.05) is 114 Å². The zero-order valence-corrected chi connectivity index (χ0v) is 31.0. The molecule has 0 spiro atoms. The summed E-state index contributed by atoms with van der Waals surface area (Å²) < 4.78 is 10.4. The van der Waals surface area contributed by atoms with Gasteiger partial charge in [-0.3, -0.25) is 30.4 Å². The number of aromatic nitrogens is 6. The number of anilines is 7. The molecule has 4 amide bonds. The molecule has 0 aromatic carbocycles. The van der Waals surface area contributed by atoms with Crippen molar-refractivity contribution in [2.24, 2.45) is 0 Å². The second-order valence-electron chi connectivity index (χ2n) is 13.5. The first-order valence-corrected chi connectivity index (χ1v) is 18.9. The predicted octanol–water partition coefficient (Wildman–Crippen LogP) is 3.10. The van der Waals surface area contributed by atoms with Crippen LogP contribution in [0.1, 0.15) is 12.8 Å². The van der Waals surface area contributed by atoms with Crippen molar-refractivity contribution in [3.05, 3.63) is 66.6 Å². The quantitative estimate of drug-likeness (QED) is 0.259. The molecule has 10 heterocycles. The summed E-state index contributed by atoms with van der Waals surface area (Å²) in [5.41, 5.74) is 1.95. The minimum absolute atomic E-state index is 0.0927. The van der Waals surface area contributed by atoms with Gasteiger partial charge in [-0.05, 0) is 37.1 Å². The van der Waals surface area contributed by atoms with Crippen molar-refractivity contribution in [2.45, 2.75) is 24.9 Å². The third-order valence-corrected chi connectivity index (χ3v) is 10.3. The number of ether oxygens (including phenoxy) is 2. The summed E-state index contributed by atoms with van der Waals surface area (Å²) >= 11 is 6.01. The molecule has 55 heavy (non-hydrogen) atoms. The number of hydrogen-bond acceptors (Lipinski definition) is 14. The Morgan fingerprint density at radius 3 is 1.73 bits per heavy atom. The van der Waals surface area contributed by atoms with Gasteiger partial charge in [0.05, 0.1) is 62.3 Å². The molecule has 19 heteroatoms. The van der Waals surface area contributed by atoms with E-state index in [4.69, 9.17) is 26.1 Å². The number of morpholine rings is 2. The summed E-state index contributed by atoms with van der Waals surface area (Å²) in [6.45, 7) is 10.3. The number of amides is 4. The fourth-order valence-corrected chi connectivity index (χ4v) is 7.60. The van der Waals surface area contributed by atoms with E-state index in [9.17, 15) is 9.59 Å². The molecule has 18 nitrogen and oxygen atoms in total. The van der Waals surface area contributed by atoms with E-state index in [0.29, 0.717) is 41.6 Å². The van der Waals surface area contributed by atoms with Crippen LogP contribution in [-0.4, -0.2) is 133 Å². The van der Waals surface area contributed by atoms with E-state index in [1.165, 1.54) is 12.4 Å². The average Bonchev–Trinajstić information content (AvgIpc) is 3.85. The number of pyridine rings is 2. The molecule has 3 N–H and O–H groups in total. The van der Waals surface area contributed by atoms with Gasteiger partial charge in [-0.2, -0.15) is 0 Å². The third kappa shape index (κ3) is 8.31. The molecule has 2 atom stereocenters. The van der Waals surface area contributed by atoms with Crippen LogP contribution in [0.15, 0.2) is 61.4 Å². The first-order valence-electron chi connectivity index (χ1n) is 18.5. The SMILES string of the molecule is C1COCCN1.O=C(Nc1cnccn1)N1c2nc(Cl)ccc2N2CC[C@H]1C2.O=C(Nc1cnccn1)N1c2nc(N3CCOCC3)ccc2N2CC[C@H]1C2. The molecular weight excluding hydrogens is 728 g/mol. The lowest BCUT2D eigenvalue weighted by atomic mass is 10.2. The maximum atomic E-state index is 13.1. The topological polar surface area (TPSA) is 182 Å². The van der Waals surface area contributed by atoms with Crippen LogP contribution in [0.3, 0.4) is 0 Å². The summed E-state index contributed by atoms with van der Waals surface area (Å²) in [7, 11) is 0. The molecule has 0 saturated carbocycles. The van der Waals surface area contributed by atoms with Crippen molar-refractivity contribution in [1.29, 1.82) is 0 Å². The molecule has 10 rings (SSSR count). The zero-order valence-electron chi connectivity index (χ0n) is 30.3. The second kappa shape index (κ2) is 16.9. The minimum Gasteiger partial charge on any atom is -0.379 e. The number of rotatable bonds is 3. The number of nitrogens with zero attached hydrogens (tertiary/aromatic N) is 11. The summed E-state index contributed by atoms with van der Waals surface area (Å²) in [6.07, 6.45) is 11.1. The summed E-state index contributed by atoms with van der Waals surface area (Å²) in [5.74, 6) is 3.05. The smallest absolute Gasteiger partial charge is 0.329 e. The molecule has 0 unspecified atom stereocenters. The molecule has 288 valence electrons. The Morgan fingerprint density at radius 1 is 0.673 bits per heavy atom. The van der Waals surface area contributed by atoms with Gasteiger partial charge in [0.15, 0.2) is 23.3 Å². The Labute approximate surface area is 323 Å². The summed E-state index contributed by atoms with van der Waals surface area (Å²) in [5, 5.41) is 9.16. The maximum Gasteiger partial charge on any atom is 0.329 e. The standard InChI is InChI=1S/C18H21N7O2.C14H13ClN6O.C4H9NO/c26-18(21-15-11-19-4-5-20-15)25-13-3-6-24(12-13)14-1-2-16(22-17(14)25)23-7-9-27-10-8-23;15-11-2-1-10-13(18-11)21(9-3-6-20(10)8-9)14(22)19-12-7-16-4-5-17-12;1-3-6-4-2-5-1/h1-2,4-5,11,13H,3,6-10,12H2,(H,20,21,26);1-2,4-5,7,9H,3,6,8H2,(H,17,19,22);5H,1-4H2/t13-;9-;/m00./s1. The summed E-state index contributed by atoms with van der Waals surface area (Å²) in [4.78, 5) is 61.4. The monoisotopic (exact) mass is 770 g/mol. The number of hydrogen-bond donors (Lipinski definition) is 3. The minimum atomic E-state index is -0.261. The molecule has 0 radical (unpaired) electrons. The highest BCUT2D eigenvalue weighted by Gasteiger charge is 2.42. The highest BCUT2D eigenvalue weighted by atomic mass is 35.5. The van der Waals surface area contributed by atoms with E-state index < -0.39 is 0 Å². The normalized spacial score (nSPS) is 20.6. The largest absolute Gasteiger partial charge is 0.379 e. The zero-order chi connectivity index (χ0) is 37.6. The first kappa shape index (κ1) is 36.5. The maximum absolute atomic E-state index is 13.1. The average molecular weight is 771 g/mol. The lowest BCUT2D eigenvalue weighted by Crippen LogP contribution is -2.48. The van der Waals surface area contributed by atoms with Crippen LogP contribution in [0.2, 0.25) is 5.15 Å². The number of halogens is 1. The van der Waals surface area contributed by atoms with Crippen LogP contribution in [0.4, 0.5) is 50.1 Å². The Bertz CT molecular complexity index is 1930. The fraction of sp³-hybridized carbons (Fsp3) is 0.444. The van der Waals surface area contributed by atoms with Crippen LogP contribution in [-0.2, 0) is 9.47 Å². The van der Waals surface area contributed by atoms with Gasteiger partial charge in [0.2, 0.25) is 0 Å². The van der Waals surface area contributed by atoms with E-state index in [1.54, 1.807) is 40.7 Å². The van der Waals surface area contributed by atoms with Crippen molar-refractivity contribution in [1.82, 2.24) is 35.2 Å². The van der Waals surface area contributed by atoms with Gasteiger partial charge in [-0.15, -0.1) is 0 Å². The van der Waals surface area contributed by atoms with Gasteiger partial charge in [0, 0.05) is 77.1 Å². The molecular formula is C36H43ClN14O4. The number of urea groups is 2. The molecule has 6 aliphatic rings. The molecule has 0 aliphatic carbocycles. The lowest BCUT2D eigenvalue weighted by Gasteiger charge is -2.37. The Morgan fingerprint density at radius 2 is 1.22 bits per heavy atom. The number of carbonyl (C=O) groups excluding carboxylic acids is 2. The Balaban J connectivity index is 0.000000137. The molecule has 4 fully saturated rings.